The molecule has 0 N–H and O–H groups in total. The molecule has 1 heterocycles. The Morgan fingerprint density at radius 2 is 1.29 bits per heavy atom. The fourth-order valence-corrected chi connectivity index (χ4v) is 0.680. The average Bonchev–Trinajstić information content (AvgIpc) is 1.76. The van der Waals surface area contributed by atoms with E-state index in [4.69, 9.17) is 0 Å². The maximum Gasteiger partial charge on any atom is -0.00934 e. The van der Waals surface area contributed by atoms with E-state index in [1.54, 1.807) is 11.3 Å². The Labute approximate surface area is 81.2 Å². The van der Waals surface area contributed by atoms with E-state index in [1.165, 1.54) is 0 Å². The van der Waals surface area contributed by atoms with E-state index < -0.39 is 0 Å². The van der Waals surface area contributed by atoms with Crippen LogP contribution in [0.3, 0.4) is 0 Å². The first-order valence-corrected chi connectivity index (χ1v) is 2.41. The summed E-state index contributed by atoms with van der Waals surface area (Å²) in [5, 5.41) is 4.08. The van der Waals surface area contributed by atoms with Gasteiger partial charge in [-0.1, -0.05) is 12.1 Å². The zero-order chi connectivity index (χ0) is 3.54. The first kappa shape index (κ1) is 11.1. The van der Waals surface area contributed by atoms with Gasteiger partial charge in [-0.3, -0.25) is 0 Å². The fourth-order valence-electron chi connectivity index (χ4n) is 0.227. The van der Waals surface area contributed by atoms with Gasteiger partial charge < -0.3 is 0 Å². The molecule has 4 radical (unpaired) electrons. The molecule has 38 valence electrons. The first-order valence-electron chi connectivity index (χ1n) is 1.47. The Balaban J connectivity index is 0. The van der Waals surface area contributed by atoms with Crippen molar-refractivity contribution in [1.82, 2.24) is 0 Å². The van der Waals surface area contributed by atoms with Gasteiger partial charge >= 0.3 is 47.8 Å². The van der Waals surface area contributed by atoms with Crippen LogP contribution in [-0.4, -0.2) is 47.8 Å². The summed E-state index contributed by atoms with van der Waals surface area (Å²) in [6.07, 6.45) is 0. The van der Waals surface area contributed by atoms with Gasteiger partial charge in [0.1, 0.15) is 0 Å². The van der Waals surface area contributed by atoms with Crippen molar-refractivity contribution in [3.8, 4) is 0 Å². The molecular weight excluding hydrogens is 318 g/mol. The molecule has 0 fully saturated rings. The van der Waals surface area contributed by atoms with E-state index in [0.29, 0.717) is 0 Å². The third-order valence-electron chi connectivity index (χ3n) is 0.425. The maximum absolute atomic E-state index is 2.04. The molecule has 0 saturated carbocycles. The normalized spacial score (nSPS) is 5.71. The van der Waals surface area contributed by atoms with Crippen molar-refractivity contribution in [2.75, 3.05) is 0 Å². The molecule has 1 aromatic rings. The van der Waals surface area contributed by atoms with Crippen LogP contribution in [0.25, 0.3) is 0 Å². The van der Waals surface area contributed by atoms with Crippen LogP contribution < -0.4 is 0 Å². The molecule has 0 amide bonds. The number of hydrogen-bond acceptors (Lipinski definition) is 1. The molecular formula is C4H8SSn2. The van der Waals surface area contributed by atoms with Crippen molar-refractivity contribution in [3.63, 3.8) is 0 Å². The predicted octanol–water partition coefficient (Wildman–Crippen LogP) is -0.0843. The third-order valence-corrected chi connectivity index (χ3v) is 1.05. The second-order valence-corrected chi connectivity index (χ2v) is 1.61. The summed E-state index contributed by atoms with van der Waals surface area (Å²) in [6.45, 7) is 0. The van der Waals surface area contributed by atoms with Gasteiger partial charge in [0.25, 0.3) is 0 Å². The topological polar surface area (TPSA) is 0 Å². The molecule has 7 heavy (non-hydrogen) atoms. The van der Waals surface area contributed by atoms with E-state index in [9.17, 15) is 0 Å². The zero-order valence-electron chi connectivity index (χ0n) is 4.13. The van der Waals surface area contributed by atoms with Crippen molar-refractivity contribution in [1.29, 1.82) is 0 Å². The van der Waals surface area contributed by atoms with Crippen LogP contribution in [0.2, 0.25) is 0 Å². The van der Waals surface area contributed by atoms with Gasteiger partial charge in [0.05, 0.1) is 0 Å². The minimum Gasteiger partial charge on any atom is -0.152 e. The molecule has 1 rings (SSSR count). The second kappa shape index (κ2) is 7.30. The zero-order valence-corrected chi connectivity index (χ0v) is 13.0. The molecule has 0 aromatic carbocycles. The molecule has 0 bridgehead atoms. The second-order valence-electron chi connectivity index (χ2n) is 0.793. The van der Waals surface area contributed by atoms with Crippen molar-refractivity contribution >= 4 is 59.2 Å². The average molecular weight is 326 g/mol. The Bertz CT molecular complexity index is 66.2. The number of rotatable bonds is 0. The smallest absolute Gasteiger partial charge is 0.00934 e. The van der Waals surface area contributed by atoms with Crippen LogP contribution in [-0.2, 0) is 0 Å². The van der Waals surface area contributed by atoms with Crippen LogP contribution in [0, 0.1) is 0 Å². The molecule has 0 aliphatic rings. The third kappa shape index (κ3) is 5.16. The maximum atomic E-state index is 2.04. The Morgan fingerprint density at radius 1 is 0.857 bits per heavy atom. The van der Waals surface area contributed by atoms with Gasteiger partial charge in [0, 0.05) is 0 Å². The van der Waals surface area contributed by atoms with Gasteiger partial charge in [-0.15, -0.1) is 0 Å². The summed E-state index contributed by atoms with van der Waals surface area (Å²) < 4.78 is 0. The van der Waals surface area contributed by atoms with E-state index in [-0.39, 0.29) is 47.8 Å². The number of hydrogen-bond donors (Lipinski definition) is 0. The van der Waals surface area contributed by atoms with E-state index in [2.05, 4.69) is 0 Å². The predicted molar refractivity (Wildman–Crippen MR) is 41.4 cm³/mol. The van der Waals surface area contributed by atoms with Crippen LogP contribution >= 0.6 is 11.3 Å². The molecule has 3 heteroatoms. The molecule has 0 aliphatic heterocycles. The minimum absolute atomic E-state index is 0. The summed E-state index contributed by atoms with van der Waals surface area (Å²) in [7, 11) is 0. The summed E-state index contributed by atoms with van der Waals surface area (Å²) in [4.78, 5) is 0. The Hall–Kier alpha value is 1.30. The molecule has 0 nitrogen and oxygen atoms in total. The largest absolute Gasteiger partial charge is 0.152 e. The summed E-state index contributed by atoms with van der Waals surface area (Å²) >= 11 is 1.71. The van der Waals surface area contributed by atoms with Gasteiger partial charge in [0.2, 0.25) is 0 Å². The van der Waals surface area contributed by atoms with Crippen LogP contribution in [0.4, 0.5) is 0 Å². The molecule has 0 unspecified atom stereocenters. The van der Waals surface area contributed by atoms with E-state index in [0.717, 1.165) is 0 Å². The Kier molecular flexibility index (Phi) is 11.6. The molecule has 0 aliphatic carbocycles. The van der Waals surface area contributed by atoms with Crippen LogP contribution in [0.1, 0.15) is 0 Å². The van der Waals surface area contributed by atoms with Gasteiger partial charge in [-0.2, -0.15) is 11.3 Å². The number of thiophene rings is 1. The first-order chi connectivity index (χ1) is 2.50. The monoisotopic (exact) mass is 328 g/mol. The fraction of sp³-hybridized carbons (Fsp3) is 0. The SMILES string of the molecule is [SnH2].[SnH2].c1ccsc1. The van der Waals surface area contributed by atoms with Crippen molar-refractivity contribution in [2.24, 2.45) is 0 Å². The molecule has 0 saturated heterocycles. The van der Waals surface area contributed by atoms with Gasteiger partial charge in [-0.25, -0.2) is 0 Å². The molecule has 0 spiro atoms. The van der Waals surface area contributed by atoms with Crippen molar-refractivity contribution in [2.45, 2.75) is 0 Å². The van der Waals surface area contributed by atoms with E-state index in [1.807, 2.05) is 22.9 Å². The van der Waals surface area contributed by atoms with Crippen LogP contribution in [0.5, 0.6) is 0 Å². The standard InChI is InChI=1S/C4H4S.2Sn.4H/c1-2-4-5-3-1;;;;;;/h1-4H;;;;;;. The minimum atomic E-state index is 0. The van der Waals surface area contributed by atoms with Gasteiger partial charge in [0.15, 0.2) is 0 Å². The van der Waals surface area contributed by atoms with Gasteiger partial charge in [-0.05, 0) is 10.8 Å². The van der Waals surface area contributed by atoms with Crippen molar-refractivity contribution < 1.29 is 0 Å². The summed E-state index contributed by atoms with van der Waals surface area (Å²) in [6, 6.07) is 4.04. The quantitative estimate of drug-likeness (QED) is 0.585. The molecule has 0 atom stereocenters. The summed E-state index contributed by atoms with van der Waals surface area (Å²) in [5.74, 6) is 0. The summed E-state index contributed by atoms with van der Waals surface area (Å²) in [5.41, 5.74) is 0. The van der Waals surface area contributed by atoms with E-state index >= 15 is 0 Å². The van der Waals surface area contributed by atoms with Crippen LogP contribution in [0.15, 0.2) is 22.9 Å². The molecule has 1 aromatic heterocycles. The Morgan fingerprint density at radius 3 is 1.43 bits per heavy atom. The van der Waals surface area contributed by atoms with Crippen molar-refractivity contribution in [3.05, 3.63) is 22.9 Å².